The molecule has 0 saturated carbocycles. The molecular formula is C16H23N3O. The molecule has 0 spiro atoms. The maximum absolute atomic E-state index is 5.95. The minimum absolute atomic E-state index is 0.685. The van der Waals surface area contributed by atoms with Crippen LogP contribution >= 0.6 is 0 Å². The zero-order valence-corrected chi connectivity index (χ0v) is 12.1. The molecule has 1 aromatic carbocycles. The number of aryl methyl sites for hydroxylation is 1. The summed E-state index contributed by atoms with van der Waals surface area (Å²) in [6.45, 7) is 5.23. The van der Waals surface area contributed by atoms with Gasteiger partial charge in [-0.2, -0.15) is 0 Å². The molecule has 20 heavy (non-hydrogen) atoms. The second kappa shape index (κ2) is 6.27. The van der Waals surface area contributed by atoms with Gasteiger partial charge < -0.3 is 15.0 Å². The van der Waals surface area contributed by atoms with Gasteiger partial charge in [-0.3, -0.25) is 0 Å². The van der Waals surface area contributed by atoms with Gasteiger partial charge in [-0.25, -0.2) is 4.98 Å². The number of benzene rings is 1. The lowest BCUT2D eigenvalue weighted by molar-refractivity contribution is 0.215. The Hall–Kier alpha value is -1.55. The van der Waals surface area contributed by atoms with Crippen molar-refractivity contribution in [1.29, 1.82) is 0 Å². The Morgan fingerprint density at radius 1 is 1.30 bits per heavy atom. The third-order valence-corrected chi connectivity index (χ3v) is 3.93. The zero-order chi connectivity index (χ0) is 13.8. The Labute approximate surface area is 119 Å². The maximum Gasteiger partial charge on any atom is 0.121 e. The van der Waals surface area contributed by atoms with E-state index in [4.69, 9.17) is 4.74 Å². The molecule has 4 nitrogen and oxygen atoms in total. The lowest BCUT2D eigenvalue weighted by Crippen LogP contribution is -2.30. The molecule has 2 aromatic rings. The number of aromatic nitrogens is 2. The van der Waals surface area contributed by atoms with Crippen molar-refractivity contribution in [2.45, 2.75) is 32.6 Å². The zero-order valence-electron chi connectivity index (χ0n) is 12.1. The van der Waals surface area contributed by atoms with Crippen molar-refractivity contribution in [3.05, 3.63) is 24.0 Å². The fourth-order valence-electron chi connectivity index (χ4n) is 2.75. The number of aromatic amines is 1. The average molecular weight is 273 g/mol. The predicted molar refractivity (Wildman–Crippen MR) is 81.2 cm³/mol. The molecule has 0 atom stereocenters. The van der Waals surface area contributed by atoms with Crippen molar-refractivity contribution in [3.63, 3.8) is 0 Å². The van der Waals surface area contributed by atoms with Gasteiger partial charge in [0.15, 0.2) is 0 Å². The smallest absolute Gasteiger partial charge is 0.121 e. The molecule has 108 valence electrons. The van der Waals surface area contributed by atoms with Gasteiger partial charge in [0.25, 0.3) is 0 Å². The molecular weight excluding hydrogens is 250 g/mol. The Morgan fingerprint density at radius 2 is 2.15 bits per heavy atom. The first-order valence-electron chi connectivity index (χ1n) is 7.67. The van der Waals surface area contributed by atoms with Crippen LogP contribution in [-0.4, -0.2) is 29.7 Å². The van der Waals surface area contributed by atoms with E-state index in [1.165, 1.54) is 12.8 Å². The summed E-state index contributed by atoms with van der Waals surface area (Å²) < 4.78 is 5.95. The SMILES string of the molecule is CCCc1nc2ccc(OCC3CCNCC3)cc2[nH]1. The number of piperidine rings is 1. The molecule has 0 aliphatic carbocycles. The van der Waals surface area contributed by atoms with Crippen LogP contribution in [0.15, 0.2) is 18.2 Å². The molecule has 2 N–H and O–H groups in total. The summed E-state index contributed by atoms with van der Waals surface area (Å²) in [6, 6.07) is 6.14. The first kappa shape index (κ1) is 13.4. The van der Waals surface area contributed by atoms with Crippen LogP contribution in [0.4, 0.5) is 0 Å². The molecule has 2 heterocycles. The molecule has 0 amide bonds. The van der Waals surface area contributed by atoms with Crippen LogP contribution in [0.5, 0.6) is 5.75 Å². The molecule has 0 unspecified atom stereocenters. The highest BCUT2D eigenvalue weighted by atomic mass is 16.5. The van der Waals surface area contributed by atoms with Crippen LogP contribution in [-0.2, 0) is 6.42 Å². The number of rotatable bonds is 5. The Bertz CT molecular complexity index is 558. The summed E-state index contributed by atoms with van der Waals surface area (Å²) >= 11 is 0. The van der Waals surface area contributed by atoms with Gasteiger partial charge in [0.1, 0.15) is 11.6 Å². The number of fused-ring (bicyclic) bond motifs is 1. The minimum atomic E-state index is 0.685. The quantitative estimate of drug-likeness (QED) is 0.880. The van der Waals surface area contributed by atoms with Crippen molar-refractivity contribution < 1.29 is 4.74 Å². The second-order valence-corrected chi connectivity index (χ2v) is 5.62. The van der Waals surface area contributed by atoms with Crippen molar-refractivity contribution in [1.82, 2.24) is 15.3 Å². The molecule has 4 heteroatoms. The normalized spacial score (nSPS) is 16.6. The molecule has 1 saturated heterocycles. The number of hydrogen-bond acceptors (Lipinski definition) is 3. The topological polar surface area (TPSA) is 49.9 Å². The standard InChI is InChI=1S/C16H23N3O/c1-2-3-16-18-14-5-4-13(10-15(14)19-16)20-11-12-6-8-17-9-7-12/h4-5,10,12,17H,2-3,6-9,11H2,1H3,(H,18,19). The maximum atomic E-state index is 5.95. The first-order chi connectivity index (χ1) is 9.85. The summed E-state index contributed by atoms with van der Waals surface area (Å²) in [5, 5.41) is 3.38. The molecule has 3 rings (SSSR count). The van der Waals surface area contributed by atoms with E-state index in [-0.39, 0.29) is 0 Å². The Morgan fingerprint density at radius 3 is 2.95 bits per heavy atom. The van der Waals surface area contributed by atoms with E-state index in [1.54, 1.807) is 0 Å². The number of imidazole rings is 1. The van der Waals surface area contributed by atoms with Gasteiger partial charge in [0, 0.05) is 12.5 Å². The van der Waals surface area contributed by atoms with Crippen molar-refractivity contribution >= 4 is 11.0 Å². The van der Waals surface area contributed by atoms with E-state index in [0.29, 0.717) is 5.92 Å². The highest BCUT2D eigenvalue weighted by molar-refractivity contribution is 5.76. The molecule has 0 radical (unpaired) electrons. The summed E-state index contributed by atoms with van der Waals surface area (Å²) in [6.07, 6.45) is 4.54. The molecule has 1 aliphatic heterocycles. The molecule has 1 aromatic heterocycles. The van der Waals surface area contributed by atoms with Gasteiger partial charge in [-0.05, 0) is 50.4 Å². The summed E-state index contributed by atoms with van der Waals surface area (Å²) in [7, 11) is 0. The van der Waals surface area contributed by atoms with Crippen LogP contribution in [0, 0.1) is 5.92 Å². The van der Waals surface area contributed by atoms with Gasteiger partial charge in [0.2, 0.25) is 0 Å². The lowest BCUT2D eigenvalue weighted by Gasteiger charge is -2.22. The van der Waals surface area contributed by atoms with Crippen LogP contribution in [0.3, 0.4) is 0 Å². The third-order valence-electron chi connectivity index (χ3n) is 3.93. The monoisotopic (exact) mass is 273 g/mol. The summed E-state index contributed by atoms with van der Waals surface area (Å²) in [4.78, 5) is 7.95. The van der Waals surface area contributed by atoms with Crippen LogP contribution in [0.25, 0.3) is 11.0 Å². The number of nitrogens with one attached hydrogen (secondary N) is 2. The fourth-order valence-corrected chi connectivity index (χ4v) is 2.75. The van der Waals surface area contributed by atoms with Crippen LogP contribution < -0.4 is 10.1 Å². The van der Waals surface area contributed by atoms with Gasteiger partial charge in [-0.1, -0.05) is 6.92 Å². The number of ether oxygens (including phenoxy) is 1. The van der Waals surface area contributed by atoms with Gasteiger partial charge >= 0.3 is 0 Å². The van der Waals surface area contributed by atoms with E-state index >= 15 is 0 Å². The number of nitrogens with zero attached hydrogens (tertiary/aromatic N) is 1. The van der Waals surface area contributed by atoms with Crippen molar-refractivity contribution in [2.24, 2.45) is 5.92 Å². The summed E-state index contributed by atoms with van der Waals surface area (Å²) in [5.74, 6) is 2.70. The van der Waals surface area contributed by atoms with Crippen LogP contribution in [0.2, 0.25) is 0 Å². The third kappa shape index (κ3) is 3.12. The second-order valence-electron chi connectivity index (χ2n) is 5.62. The Kier molecular flexibility index (Phi) is 4.21. The summed E-state index contributed by atoms with van der Waals surface area (Å²) in [5.41, 5.74) is 2.11. The van der Waals surface area contributed by atoms with Gasteiger partial charge in [0.05, 0.1) is 17.6 Å². The highest BCUT2D eigenvalue weighted by Crippen LogP contribution is 2.21. The van der Waals surface area contributed by atoms with Crippen LogP contribution in [0.1, 0.15) is 32.0 Å². The molecule has 1 aliphatic rings. The molecule has 0 bridgehead atoms. The van der Waals surface area contributed by atoms with E-state index in [1.807, 2.05) is 12.1 Å². The lowest BCUT2D eigenvalue weighted by atomic mass is 9.99. The first-order valence-corrected chi connectivity index (χ1v) is 7.67. The largest absolute Gasteiger partial charge is 0.493 e. The van der Waals surface area contributed by atoms with Crippen molar-refractivity contribution in [3.8, 4) is 5.75 Å². The fraction of sp³-hybridized carbons (Fsp3) is 0.562. The van der Waals surface area contributed by atoms with E-state index in [0.717, 1.165) is 55.1 Å². The minimum Gasteiger partial charge on any atom is -0.493 e. The van der Waals surface area contributed by atoms with Gasteiger partial charge in [-0.15, -0.1) is 0 Å². The van der Waals surface area contributed by atoms with Crippen molar-refractivity contribution in [2.75, 3.05) is 19.7 Å². The van der Waals surface area contributed by atoms with E-state index in [2.05, 4.69) is 28.3 Å². The average Bonchev–Trinajstić information content (AvgIpc) is 2.88. The predicted octanol–water partition coefficient (Wildman–Crippen LogP) is 2.89. The van der Waals surface area contributed by atoms with E-state index in [9.17, 15) is 0 Å². The highest BCUT2D eigenvalue weighted by Gasteiger charge is 2.13. The van der Waals surface area contributed by atoms with E-state index < -0.39 is 0 Å². The number of hydrogen-bond donors (Lipinski definition) is 2. The molecule has 1 fully saturated rings. The number of H-pyrrole nitrogens is 1. The Balaban J connectivity index is 1.65.